The molecule has 0 spiro atoms. The number of rotatable bonds is 6. The van der Waals surface area contributed by atoms with Gasteiger partial charge in [0.05, 0.1) is 0 Å². The number of halogens is 1. The van der Waals surface area contributed by atoms with Crippen LogP contribution in [0.3, 0.4) is 0 Å². The lowest BCUT2D eigenvalue weighted by atomic mass is 10.2. The highest BCUT2D eigenvalue weighted by molar-refractivity contribution is 6.30. The van der Waals surface area contributed by atoms with Crippen molar-refractivity contribution in [2.45, 2.75) is 13.3 Å². The molecule has 2 rings (SSSR count). The van der Waals surface area contributed by atoms with E-state index in [1.807, 2.05) is 25.3 Å². The summed E-state index contributed by atoms with van der Waals surface area (Å²) in [5, 5.41) is 3.45. The second-order valence-electron chi connectivity index (χ2n) is 4.65. The van der Waals surface area contributed by atoms with Gasteiger partial charge in [0.15, 0.2) is 6.61 Å². The van der Waals surface area contributed by atoms with Gasteiger partial charge in [0.25, 0.3) is 5.91 Å². The van der Waals surface area contributed by atoms with Crippen molar-refractivity contribution < 1.29 is 9.53 Å². The molecule has 0 atom stereocenters. The van der Waals surface area contributed by atoms with Crippen molar-refractivity contribution in [3.63, 3.8) is 0 Å². The Balaban J connectivity index is 1.67. The van der Waals surface area contributed by atoms with Crippen molar-refractivity contribution in [3.8, 4) is 5.75 Å². The van der Waals surface area contributed by atoms with Crippen LogP contribution in [0.4, 0.5) is 0 Å². The van der Waals surface area contributed by atoms with Crippen molar-refractivity contribution in [2.75, 3.05) is 13.2 Å². The minimum atomic E-state index is -0.148. The van der Waals surface area contributed by atoms with Gasteiger partial charge in [-0.15, -0.1) is 0 Å². The highest BCUT2D eigenvalue weighted by Crippen LogP contribution is 2.15. The largest absolute Gasteiger partial charge is 0.484 e. The van der Waals surface area contributed by atoms with Crippen LogP contribution in [0.5, 0.6) is 5.75 Å². The van der Waals surface area contributed by atoms with Crippen LogP contribution >= 0.6 is 11.6 Å². The summed E-state index contributed by atoms with van der Waals surface area (Å²) in [7, 11) is 0. The molecule has 0 unspecified atom stereocenters. The first-order valence-corrected chi connectivity index (χ1v) is 7.08. The predicted octanol–water partition coefficient (Wildman–Crippen LogP) is 2.78. The highest BCUT2D eigenvalue weighted by atomic mass is 35.5. The summed E-state index contributed by atoms with van der Waals surface area (Å²) in [4.78, 5) is 15.9. The molecule has 1 aromatic heterocycles. The normalized spacial score (nSPS) is 10.2. The summed E-state index contributed by atoms with van der Waals surface area (Å²) in [6.07, 6.45) is 2.58. The fourth-order valence-electron chi connectivity index (χ4n) is 1.72. The fourth-order valence-corrected chi connectivity index (χ4v) is 1.85. The van der Waals surface area contributed by atoms with Gasteiger partial charge in [0, 0.05) is 23.5 Å². The van der Waals surface area contributed by atoms with Crippen LogP contribution in [0.1, 0.15) is 11.3 Å². The molecule has 110 valence electrons. The fraction of sp³-hybridized carbons (Fsp3) is 0.250. The van der Waals surface area contributed by atoms with Gasteiger partial charge in [-0.25, -0.2) is 0 Å². The van der Waals surface area contributed by atoms with Gasteiger partial charge < -0.3 is 10.1 Å². The molecule has 0 aliphatic rings. The second-order valence-corrected chi connectivity index (χ2v) is 5.09. The van der Waals surface area contributed by atoms with Gasteiger partial charge in [0.1, 0.15) is 5.75 Å². The van der Waals surface area contributed by atoms with Crippen LogP contribution in [-0.4, -0.2) is 24.0 Å². The third kappa shape index (κ3) is 5.44. The van der Waals surface area contributed by atoms with Crippen molar-refractivity contribution in [3.05, 3.63) is 58.9 Å². The van der Waals surface area contributed by atoms with Gasteiger partial charge in [0.2, 0.25) is 0 Å². The molecular weight excluding hydrogens is 288 g/mol. The van der Waals surface area contributed by atoms with Crippen molar-refractivity contribution in [1.29, 1.82) is 0 Å². The summed E-state index contributed by atoms with van der Waals surface area (Å²) < 4.78 is 5.36. The van der Waals surface area contributed by atoms with Crippen LogP contribution in [0, 0.1) is 6.92 Å². The molecule has 0 radical (unpaired) electrons. The Morgan fingerprint density at radius 1 is 1.24 bits per heavy atom. The average molecular weight is 305 g/mol. The molecule has 21 heavy (non-hydrogen) atoms. The molecule has 0 aliphatic heterocycles. The van der Waals surface area contributed by atoms with Crippen LogP contribution < -0.4 is 10.1 Å². The van der Waals surface area contributed by atoms with Crippen LogP contribution in [0.25, 0.3) is 0 Å². The van der Waals surface area contributed by atoms with E-state index in [1.165, 1.54) is 0 Å². The number of carbonyl (C=O) groups excluding carboxylic acids is 1. The number of nitrogens with one attached hydrogen (secondary N) is 1. The van der Waals surface area contributed by atoms with Gasteiger partial charge in [-0.1, -0.05) is 17.7 Å². The summed E-state index contributed by atoms with van der Waals surface area (Å²) in [5.74, 6) is 0.474. The third-order valence-electron chi connectivity index (χ3n) is 2.89. The Kier molecular flexibility index (Phi) is 5.58. The van der Waals surface area contributed by atoms with Crippen molar-refractivity contribution in [1.82, 2.24) is 10.3 Å². The lowest BCUT2D eigenvalue weighted by Gasteiger charge is -2.07. The molecule has 5 heteroatoms. The monoisotopic (exact) mass is 304 g/mol. The van der Waals surface area contributed by atoms with E-state index in [2.05, 4.69) is 10.3 Å². The molecule has 4 nitrogen and oxygen atoms in total. The van der Waals surface area contributed by atoms with E-state index < -0.39 is 0 Å². The van der Waals surface area contributed by atoms with Crippen LogP contribution in [-0.2, 0) is 11.2 Å². The van der Waals surface area contributed by atoms with E-state index in [-0.39, 0.29) is 12.5 Å². The Labute approximate surface area is 129 Å². The zero-order valence-corrected chi connectivity index (χ0v) is 12.6. The molecule has 0 bridgehead atoms. The van der Waals surface area contributed by atoms with E-state index in [0.29, 0.717) is 17.3 Å². The summed E-state index contributed by atoms with van der Waals surface area (Å²) in [6, 6.07) is 10.9. The van der Waals surface area contributed by atoms with E-state index in [1.54, 1.807) is 24.3 Å². The van der Waals surface area contributed by atoms with E-state index in [9.17, 15) is 4.79 Å². The van der Waals surface area contributed by atoms with Gasteiger partial charge in [-0.2, -0.15) is 0 Å². The maximum absolute atomic E-state index is 11.6. The van der Waals surface area contributed by atoms with Crippen molar-refractivity contribution in [2.24, 2.45) is 0 Å². The quantitative estimate of drug-likeness (QED) is 0.893. The zero-order valence-electron chi connectivity index (χ0n) is 11.8. The van der Waals surface area contributed by atoms with Gasteiger partial charge in [-0.05, 0) is 49.2 Å². The summed E-state index contributed by atoms with van der Waals surface area (Å²) >= 11 is 5.77. The molecule has 1 amide bonds. The third-order valence-corrected chi connectivity index (χ3v) is 3.14. The number of pyridine rings is 1. The minimum absolute atomic E-state index is 0.00617. The van der Waals surface area contributed by atoms with E-state index in [4.69, 9.17) is 16.3 Å². The van der Waals surface area contributed by atoms with Gasteiger partial charge >= 0.3 is 0 Å². The number of benzene rings is 1. The number of carbonyl (C=O) groups is 1. The number of nitrogens with zero attached hydrogens (tertiary/aromatic N) is 1. The molecule has 0 fully saturated rings. The number of aromatic nitrogens is 1. The Morgan fingerprint density at radius 2 is 2.00 bits per heavy atom. The molecule has 0 saturated heterocycles. The maximum atomic E-state index is 11.6. The van der Waals surface area contributed by atoms with E-state index in [0.717, 1.165) is 17.7 Å². The van der Waals surface area contributed by atoms with E-state index >= 15 is 0 Å². The first kappa shape index (κ1) is 15.3. The van der Waals surface area contributed by atoms with Crippen LogP contribution in [0.2, 0.25) is 5.02 Å². The topological polar surface area (TPSA) is 51.2 Å². The summed E-state index contributed by atoms with van der Waals surface area (Å²) in [6.45, 7) is 2.50. The first-order valence-electron chi connectivity index (χ1n) is 6.70. The Hall–Kier alpha value is -2.07. The molecular formula is C16H17ClN2O2. The number of hydrogen-bond donors (Lipinski definition) is 1. The number of amides is 1. The lowest BCUT2D eigenvalue weighted by Crippen LogP contribution is -2.30. The average Bonchev–Trinajstić information content (AvgIpc) is 2.49. The molecule has 1 N–H and O–H groups in total. The zero-order chi connectivity index (χ0) is 15.1. The molecule has 1 heterocycles. The number of aryl methyl sites for hydroxylation is 1. The molecule has 0 saturated carbocycles. The number of ether oxygens (including phenoxy) is 1. The second kappa shape index (κ2) is 7.64. The Morgan fingerprint density at radius 3 is 2.67 bits per heavy atom. The minimum Gasteiger partial charge on any atom is -0.484 e. The standard InChI is InChI=1S/C16H17ClN2O2/c1-12-2-3-13(10-19-12)8-9-18-16(20)11-21-15-6-4-14(17)5-7-15/h2-7,10H,8-9,11H2,1H3,(H,18,20). The molecule has 0 aliphatic carbocycles. The smallest absolute Gasteiger partial charge is 0.257 e. The molecule has 1 aromatic carbocycles. The van der Waals surface area contributed by atoms with Gasteiger partial charge in [-0.3, -0.25) is 9.78 Å². The van der Waals surface area contributed by atoms with Crippen molar-refractivity contribution >= 4 is 17.5 Å². The molecule has 2 aromatic rings. The Bertz CT molecular complexity index is 582. The first-order chi connectivity index (χ1) is 10.1. The predicted molar refractivity (Wildman–Crippen MR) is 82.6 cm³/mol. The number of hydrogen-bond acceptors (Lipinski definition) is 3. The SMILES string of the molecule is Cc1ccc(CCNC(=O)COc2ccc(Cl)cc2)cn1. The summed E-state index contributed by atoms with van der Waals surface area (Å²) in [5.41, 5.74) is 2.08. The highest BCUT2D eigenvalue weighted by Gasteiger charge is 2.02. The lowest BCUT2D eigenvalue weighted by molar-refractivity contribution is -0.123. The van der Waals surface area contributed by atoms with Crippen LogP contribution in [0.15, 0.2) is 42.6 Å². The maximum Gasteiger partial charge on any atom is 0.257 e.